The number of imide groups is 1. The summed E-state index contributed by atoms with van der Waals surface area (Å²) in [6.07, 6.45) is 4.05. The first-order valence-corrected chi connectivity index (χ1v) is 7.07. The number of rotatable bonds is 1. The summed E-state index contributed by atoms with van der Waals surface area (Å²) in [5, 5.41) is 0. The second kappa shape index (κ2) is 4.79. The third-order valence-corrected chi connectivity index (χ3v) is 4.53. The van der Waals surface area contributed by atoms with E-state index in [1.165, 1.54) is 6.07 Å². The number of nitrogen functional groups attached to an aromatic ring is 1. The fourth-order valence-corrected chi connectivity index (χ4v) is 3.42. The SMILES string of the molecule is Nc1ccc(F)c(F)c1N1C(=O)CC2(CCCCC2)C1=O. The standard InChI is InChI=1S/C15H16F2N2O2/c16-9-4-5-10(18)13(12(9)17)19-11(20)8-15(14(19)21)6-2-1-3-7-15/h4-5H,1-3,6-8,18H2. The molecule has 3 rings (SSSR count). The lowest BCUT2D eigenvalue weighted by atomic mass is 9.73. The fraction of sp³-hybridized carbons (Fsp3) is 0.467. The largest absolute Gasteiger partial charge is 0.397 e. The average Bonchev–Trinajstić information content (AvgIpc) is 2.69. The number of hydrogen-bond donors (Lipinski definition) is 1. The van der Waals surface area contributed by atoms with E-state index in [9.17, 15) is 18.4 Å². The highest BCUT2D eigenvalue weighted by Gasteiger charge is 2.53. The first-order chi connectivity index (χ1) is 9.96. The van der Waals surface area contributed by atoms with E-state index in [-0.39, 0.29) is 12.1 Å². The molecule has 1 saturated heterocycles. The number of amides is 2. The molecule has 6 heteroatoms. The highest BCUT2D eigenvalue weighted by atomic mass is 19.2. The van der Waals surface area contributed by atoms with Gasteiger partial charge in [-0.1, -0.05) is 19.3 Å². The Morgan fingerprint density at radius 3 is 2.43 bits per heavy atom. The van der Waals surface area contributed by atoms with Crippen molar-refractivity contribution >= 4 is 23.2 Å². The van der Waals surface area contributed by atoms with Crippen LogP contribution in [0.4, 0.5) is 20.2 Å². The van der Waals surface area contributed by atoms with Gasteiger partial charge in [-0.3, -0.25) is 9.59 Å². The van der Waals surface area contributed by atoms with Gasteiger partial charge in [0.05, 0.1) is 11.1 Å². The Morgan fingerprint density at radius 1 is 1.10 bits per heavy atom. The van der Waals surface area contributed by atoms with Crippen LogP contribution in [-0.4, -0.2) is 11.8 Å². The summed E-state index contributed by atoms with van der Waals surface area (Å²) in [7, 11) is 0. The van der Waals surface area contributed by atoms with E-state index in [1.807, 2.05) is 0 Å². The van der Waals surface area contributed by atoms with Crippen molar-refractivity contribution in [3.05, 3.63) is 23.8 Å². The first kappa shape index (κ1) is 14.0. The molecule has 2 fully saturated rings. The summed E-state index contributed by atoms with van der Waals surface area (Å²) in [6.45, 7) is 0. The maximum atomic E-state index is 14.0. The summed E-state index contributed by atoms with van der Waals surface area (Å²) < 4.78 is 27.4. The molecule has 1 spiro atoms. The van der Waals surface area contributed by atoms with Crippen LogP contribution in [0, 0.1) is 17.0 Å². The molecule has 1 heterocycles. The number of hydrogen-bond acceptors (Lipinski definition) is 3. The van der Waals surface area contributed by atoms with E-state index in [2.05, 4.69) is 0 Å². The van der Waals surface area contributed by atoms with E-state index in [0.717, 1.165) is 30.2 Å². The molecule has 0 unspecified atom stereocenters. The monoisotopic (exact) mass is 294 g/mol. The average molecular weight is 294 g/mol. The summed E-state index contributed by atoms with van der Waals surface area (Å²) in [6, 6.07) is 2.05. The normalized spacial score (nSPS) is 21.3. The molecule has 1 aromatic carbocycles. The molecule has 0 atom stereocenters. The first-order valence-electron chi connectivity index (χ1n) is 7.07. The van der Waals surface area contributed by atoms with Gasteiger partial charge in [0.2, 0.25) is 11.8 Å². The Bertz CT molecular complexity index is 624. The molecule has 21 heavy (non-hydrogen) atoms. The molecule has 1 saturated carbocycles. The lowest BCUT2D eigenvalue weighted by Gasteiger charge is -2.30. The zero-order valence-electron chi connectivity index (χ0n) is 11.5. The molecule has 1 aliphatic heterocycles. The van der Waals surface area contributed by atoms with Gasteiger partial charge in [0, 0.05) is 6.42 Å². The van der Waals surface area contributed by atoms with Crippen molar-refractivity contribution < 1.29 is 18.4 Å². The van der Waals surface area contributed by atoms with E-state index in [1.54, 1.807) is 0 Å². The van der Waals surface area contributed by atoms with Crippen molar-refractivity contribution in [2.24, 2.45) is 5.41 Å². The second-order valence-electron chi connectivity index (χ2n) is 5.85. The minimum Gasteiger partial charge on any atom is -0.397 e. The van der Waals surface area contributed by atoms with Crippen LogP contribution in [0.1, 0.15) is 38.5 Å². The van der Waals surface area contributed by atoms with Crippen LogP contribution in [0.5, 0.6) is 0 Å². The van der Waals surface area contributed by atoms with Gasteiger partial charge in [-0.15, -0.1) is 0 Å². The Morgan fingerprint density at radius 2 is 1.76 bits per heavy atom. The maximum Gasteiger partial charge on any atom is 0.240 e. The van der Waals surface area contributed by atoms with Gasteiger partial charge in [-0.25, -0.2) is 13.7 Å². The quantitative estimate of drug-likeness (QED) is 0.640. The number of nitrogens with zero attached hydrogens (tertiary/aromatic N) is 1. The van der Waals surface area contributed by atoms with Gasteiger partial charge in [-0.05, 0) is 25.0 Å². The van der Waals surface area contributed by atoms with Crippen LogP contribution in [0.2, 0.25) is 0 Å². The molecular weight excluding hydrogens is 278 g/mol. The third-order valence-electron chi connectivity index (χ3n) is 4.53. The molecule has 1 aliphatic carbocycles. The number of benzene rings is 1. The Hall–Kier alpha value is -1.98. The molecule has 0 radical (unpaired) electrons. The highest BCUT2D eigenvalue weighted by molar-refractivity contribution is 6.23. The molecule has 4 nitrogen and oxygen atoms in total. The van der Waals surface area contributed by atoms with Gasteiger partial charge in [0.1, 0.15) is 5.69 Å². The lowest BCUT2D eigenvalue weighted by Crippen LogP contribution is -2.37. The van der Waals surface area contributed by atoms with E-state index in [0.29, 0.717) is 12.8 Å². The second-order valence-corrected chi connectivity index (χ2v) is 5.85. The molecule has 2 N–H and O–H groups in total. The van der Waals surface area contributed by atoms with Crippen molar-refractivity contribution in [2.45, 2.75) is 38.5 Å². The van der Waals surface area contributed by atoms with Crippen molar-refractivity contribution in [3.63, 3.8) is 0 Å². The number of carbonyl (C=O) groups is 2. The molecule has 1 aromatic rings. The number of nitrogens with two attached hydrogens (primary N) is 1. The molecule has 0 bridgehead atoms. The highest BCUT2D eigenvalue weighted by Crippen LogP contribution is 2.47. The van der Waals surface area contributed by atoms with E-state index in [4.69, 9.17) is 5.73 Å². The summed E-state index contributed by atoms with van der Waals surface area (Å²) in [5.41, 5.74) is 4.36. The molecule has 112 valence electrons. The van der Waals surface area contributed by atoms with Crippen LogP contribution in [-0.2, 0) is 9.59 Å². The topological polar surface area (TPSA) is 63.4 Å². The third kappa shape index (κ3) is 2.01. The zero-order valence-corrected chi connectivity index (χ0v) is 11.5. The van der Waals surface area contributed by atoms with Gasteiger partial charge in [-0.2, -0.15) is 0 Å². The number of anilines is 2. The van der Waals surface area contributed by atoms with Crippen LogP contribution < -0.4 is 10.6 Å². The van der Waals surface area contributed by atoms with E-state index < -0.39 is 34.6 Å². The number of carbonyl (C=O) groups excluding carboxylic acids is 2. The van der Waals surface area contributed by atoms with E-state index >= 15 is 0 Å². The molecular formula is C15H16F2N2O2. The van der Waals surface area contributed by atoms with Crippen LogP contribution >= 0.6 is 0 Å². The maximum absolute atomic E-state index is 14.0. The summed E-state index contributed by atoms with van der Waals surface area (Å²) >= 11 is 0. The zero-order chi connectivity index (χ0) is 15.2. The Balaban J connectivity index is 2.06. The Kier molecular flexibility index (Phi) is 3.19. The van der Waals surface area contributed by atoms with Gasteiger partial charge in [0.15, 0.2) is 11.6 Å². The summed E-state index contributed by atoms with van der Waals surface area (Å²) in [5.74, 6) is -3.31. The van der Waals surface area contributed by atoms with Gasteiger partial charge >= 0.3 is 0 Å². The predicted molar refractivity (Wildman–Crippen MR) is 73.4 cm³/mol. The van der Waals surface area contributed by atoms with Gasteiger partial charge < -0.3 is 5.73 Å². The predicted octanol–water partition coefficient (Wildman–Crippen LogP) is 2.76. The number of halogens is 2. The van der Waals surface area contributed by atoms with Crippen molar-refractivity contribution in [2.75, 3.05) is 10.6 Å². The Labute approximate surface area is 120 Å². The van der Waals surface area contributed by atoms with Crippen LogP contribution in [0.25, 0.3) is 0 Å². The summed E-state index contributed by atoms with van der Waals surface area (Å²) in [4.78, 5) is 25.7. The molecule has 2 aliphatic rings. The van der Waals surface area contributed by atoms with Crippen LogP contribution in [0.15, 0.2) is 12.1 Å². The lowest BCUT2D eigenvalue weighted by molar-refractivity contribution is -0.127. The van der Waals surface area contributed by atoms with Crippen molar-refractivity contribution in [3.8, 4) is 0 Å². The smallest absolute Gasteiger partial charge is 0.240 e. The van der Waals surface area contributed by atoms with Crippen LogP contribution in [0.3, 0.4) is 0 Å². The van der Waals surface area contributed by atoms with Crippen molar-refractivity contribution in [1.82, 2.24) is 0 Å². The van der Waals surface area contributed by atoms with Gasteiger partial charge in [0.25, 0.3) is 0 Å². The molecule has 2 amide bonds. The van der Waals surface area contributed by atoms with Crippen molar-refractivity contribution in [1.29, 1.82) is 0 Å². The molecule has 0 aromatic heterocycles. The minimum absolute atomic E-state index is 0.0568. The fourth-order valence-electron chi connectivity index (χ4n) is 3.42. The minimum atomic E-state index is -1.25.